The smallest absolute Gasteiger partial charge is 0.236 e. The first kappa shape index (κ1) is 16.9. The molecule has 0 unspecified atom stereocenters. The lowest BCUT2D eigenvalue weighted by Gasteiger charge is -2.30. The zero-order valence-electron chi connectivity index (χ0n) is 13.8. The molecule has 122 valence electrons. The van der Waals surface area contributed by atoms with E-state index in [2.05, 4.69) is 0 Å². The zero-order valence-corrected chi connectivity index (χ0v) is 13.8. The number of likely N-dealkylation sites (N-methyl/N-ethyl adjacent to an activating group) is 1. The van der Waals surface area contributed by atoms with Gasteiger partial charge in [-0.05, 0) is 31.7 Å². The molecule has 0 bridgehead atoms. The van der Waals surface area contributed by atoms with Gasteiger partial charge in [-0.3, -0.25) is 9.69 Å². The van der Waals surface area contributed by atoms with Crippen LogP contribution in [-0.4, -0.2) is 53.1 Å². The number of carbonyl (C=O) groups is 1. The first-order valence-electron chi connectivity index (χ1n) is 7.54. The van der Waals surface area contributed by atoms with Crippen molar-refractivity contribution in [1.82, 2.24) is 9.80 Å². The molecule has 1 heterocycles. The largest absolute Gasteiger partial charge is 0.388 e. The quantitative estimate of drug-likeness (QED) is 0.923. The Morgan fingerprint density at radius 3 is 2.36 bits per heavy atom. The Labute approximate surface area is 131 Å². The van der Waals surface area contributed by atoms with Crippen LogP contribution in [0.1, 0.15) is 26.3 Å². The second-order valence-corrected chi connectivity index (χ2v) is 7.21. The fourth-order valence-electron chi connectivity index (χ4n) is 2.75. The van der Waals surface area contributed by atoms with E-state index in [-0.39, 0.29) is 23.7 Å². The molecule has 1 aliphatic rings. The Hall–Kier alpha value is -1.46. The number of benzene rings is 1. The summed E-state index contributed by atoms with van der Waals surface area (Å²) >= 11 is 0. The number of rotatable bonds is 4. The number of carbonyl (C=O) groups excluding carboxylic acids is 1. The molecule has 1 atom stereocenters. The molecule has 1 aromatic rings. The normalized spacial score (nSPS) is 24.0. The van der Waals surface area contributed by atoms with E-state index in [0.717, 1.165) is 5.56 Å². The standard InChI is InChI=1S/C17H25FN2O2/c1-16(2)11-20(12-17(16,3)22)15(21)10-19(4)9-13-5-7-14(18)8-6-13/h5-8,22H,9-12H2,1-4H3/t17-/m1/s1. The highest BCUT2D eigenvalue weighted by atomic mass is 19.1. The molecule has 0 aromatic heterocycles. The van der Waals surface area contributed by atoms with Gasteiger partial charge >= 0.3 is 0 Å². The summed E-state index contributed by atoms with van der Waals surface area (Å²) in [5.41, 5.74) is -0.207. The molecular formula is C17H25FN2O2. The Morgan fingerprint density at radius 2 is 1.86 bits per heavy atom. The highest BCUT2D eigenvalue weighted by molar-refractivity contribution is 5.78. The fraction of sp³-hybridized carbons (Fsp3) is 0.588. The summed E-state index contributed by atoms with van der Waals surface area (Å²) < 4.78 is 12.9. The van der Waals surface area contributed by atoms with Gasteiger partial charge in [0.25, 0.3) is 0 Å². The second kappa shape index (κ2) is 5.97. The second-order valence-electron chi connectivity index (χ2n) is 7.21. The van der Waals surface area contributed by atoms with Crippen LogP contribution in [0.2, 0.25) is 0 Å². The van der Waals surface area contributed by atoms with Crippen molar-refractivity contribution < 1.29 is 14.3 Å². The number of halogens is 1. The van der Waals surface area contributed by atoms with Gasteiger partial charge in [-0.25, -0.2) is 4.39 Å². The lowest BCUT2D eigenvalue weighted by molar-refractivity contribution is -0.132. The van der Waals surface area contributed by atoms with Gasteiger partial charge in [-0.1, -0.05) is 26.0 Å². The molecule has 2 rings (SSSR count). The summed E-state index contributed by atoms with van der Waals surface area (Å²) in [7, 11) is 1.86. The van der Waals surface area contributed by atoms with Crippen LogP contribution < -0.4 is 0 Å². The zero-order chi connectivity index (χ0) is 16.5. The van der Waals surface area contributed by atoms with Gasteiger partial charge in [0.2, 0.25) is 5.91 Å². The van der Waals surface area contributed by atoms with E-state index in [4.69, 9.17) is 0 Å². The van der Waals surface area contributed by atoms with Gasteiger partial charge in [0.15, 0.2) is 0 Å². The van der Waals surface area contributed by atoms with Gasteiger partial charge in [-0.15, -0.1) is 0 Å². The van der Waals surface area contributed by atoms with E-state index >= 15 is 0 Å². The van der Waals surface area contributed by atoms with Crippen molar-refractivity contribution >= 4 is 5.91 Å². The third-order valence-corrected chi connectivity index (χ3v) is 4.67. The van der Waals surface area contributed by atoms with Crippen LogP contribution in [0.25, 0.3) is 0 Å². The Kier molecular flexibility index (Phi) is 4.59. The molecule has 0 saturated carbocycles. The first-order valence-corrected chi connectivity index (χ1v) is 7.54. The lowest BCUT2D eigenvalue weighted by atomic mass is 9.79. The maximum absolute atomic E-state index is 12.9. The van der Waals surface area contributed by atoms with Crippen molar-refractivity contribution in [2.24, 2.45) is 5.41 Å². The highest BCUT2D eigenvalue weighted by Crippen LogP contribution is 2.38. The van der Waals surface area contributed by atoms with Crippen molar-refractivity contribution in [3.8, 4) is 0 Å². The molecule has 22 heavy (non-hydrogen) atoms. The fourth-order valence-corrected chi connectivity index (χ4v) is 2.75. The van der Waals surface area contributed by atoms with Gasteiger partial charge in [0.05, 0.1) is 12.1 Å². The molecule has 1 N–H and O–H groups in total. The Morgan fingerprint density at radius 1 is 1.27 bits per heavy atom. The Balaban J connectivity index is 1.91. The third kappa shape index (κ3) is 3.65. The van der Waals surface area contributed by atoms with Crippen LogP contribution in [0.15, 0.2) is 24.3 Å². The van der Waals surface area contributed by atoms with Gasteiger partial charge in [0, 0.05) is 25.0 Å². The summed E-state index contributed by atoms with van der Waals surface area (Å²) in [6.07, 6.45) is 0. The van der Waals surface area contributed by atoms with Crippen LogP contribution in [-0.2, 0) is 11.3 Å². The number of β-amino-alcohol motifs (C(OH)–C–C–N with tert-alkyl or cyclic N) is 1. The first-order chi connectivity index (χ1) is 10.1. The molecule has 1 amide bonds. The van der Waals surface area contributed by atoms with E-state index in [1.165, 1.54) is 12.1 Å². The Bertz CT molecular complexity index is 524. The molecule has 0 aliphatic carbocycles. The molecule has 1 fully saturated rings. The minimum atomic E-state index is -0.863. The molecule has 0 radical (unpaired) electrons. The SMILES string of the molecule is CN(CC(=O)N1CC(C)(C)[C@](C)(O)C1)Cc1ccc(F)cc1. The van der Waals surface area contributed by atoms with Crippen LogP contribution in [0, 0.1) is 11.2 Å². The van der Waals surface area contributed by atoms with Crippen molar-refractivity contribution in [3.05, 3.63) is 35.6 Å². The molecular weight excluding hydrogens is 283 g/mol. The van der Waals surface area contributed by atoms with Crippen molar-refractivity contribution in [1.29, 1.82) is 0 Å². The number of likely N-dealkylation sites (tertiary alicyclic amines) is 1. The molecule has 1 aromatic carbocycles. The predicted molar refractivity (Wildman–Crippen MR) is 83.7 cm³/mol. The molecule has 1 saturated heterocycles. The molecule has 5 heteroatoms. The average Bonchev–Trinajstić information content (AvgIpc) is 2.61. The maximum Gasteiger partial charge on any atom is 0.236 e. The summed E-state index contributed by atoms with van der Waals surface area (Å²) in [6.45, 7) is 7.52. The van der Waals surface area contributed by atoms with E-state index in [0.29, 0.717) is 19.6 Å². The minimum absolute atomic E-state index is 0.00969. The third-order valence-electron chi connectivity index (χ3n) is 4.67. The topological polar surface area (TPSA) is 43.8 Å². The summed E-state index contributed by atoms with van der Waals surface area (Å²) in [4.78, 5) is 16.0. The van der Waals surface area contributed by atoms with Crippen molar-refractivity contribution in [3.63, 3.8) is 0 Å². The van der Waals surface area contributed by atoms with Crippen LogP contribution in [0.4, 0.5) is 4.39 Å². The van der Waals surface area contributed by atoms with Crippen molar-refractivity contribution in [2.75, 3.05) is 26.7 Å². The highest BCUT2D eigenvalue weighted by Gasteiger charge is 2.49. The number of hydrogen-bond donors (Lipinski definition) is 1. The number of hydrogen-bond acceptors (Lipinski definition) is 3. The predicted octanol–water partition coefficient (Wildman–Crippen LogP) is 1.88. The van der Waals surface area contributed by atoms with E-state index in [1.807, 2.05) is 25.8 Å². The molecule has 4 nitrogen and oxygen atoms in total. The monoisotopic (exact) mass is 308 g/mol. The van der Waals surface area contributed by atoms with Gasteiger partial charge in [0.1, 0.15) is 5.82 Å². The van der Waals surface area contributed by atoms with Crippen LogP contribution in [0.5, 0.6) is 0 Å². The summed E-state index contributed by atoms with van der Waals surface area (Å²) in [5, 5.41) is 10.4. The maximum atomic E-state index is 12.9. The van der Waals surface area contributed by atoms with Crippen molar-refractivity contribution in [2.45, 2.75) is 32.9 Å². The van der Waals surface area contributed by atoms with Gasteiger partial charge < -0.3 is 10.0 Å². The van der Waals surface area contributed by atoms with Crippen LogP contribution in [0.3, 0.4) is 0 Å². The molecule has 1 aliphatic heterocycles. The minimum Gasteiger partial charge on any atom is -0.388 e. The summed E-state index contributed by atoms with van der Waals surface area (Å²) in [5.74, 6) is -0.250. The van der Waals surface area contributed by atoms with E-state index < -0.39 is 5.60 Å². The number of nitrogens with zero attached hydrogens (tertiary/aromatic N) is 2. The van der Waals surface area contributed by atoms with E-state index in [9.17, 15) is 14.3 Å². The average molecular weight is 308 g/mol. The lowest BCUT2D eigenvalue weighted by Crippen LogP contribution is -2.41. The number of aliphatic hydroxyl groups is 1. The van der Waals surface area contributed by atoms with E-state index in [1.54, 1.807) is 24.0 Å². The van der Waals surface area contributed by atoms with Gasteiger partial charge in [-0.2, -0.15) is 0 Å². The molecule has 0 spiro atoms. The summed E-state index contributed by atoms with van der Waals surface area (Å²) in [6, 6.07) is 6.29. The van der Waals surface area contributed by atoms with Crippen LogP contribution >= 0.6 is 0 Å². The number of amides is 1.